The van der Waals surface area contributed by atoms with E-state index in [4.69, 9.17) is 9.47 Å². The largest absolute Gasteiger partial charge is 0.394 e. The summed E-state index contributed by atoms with van der Waals surface area (Å²) < 4.78 is 10.4. The van der Waals surface area contributed by atoms with Crippen LogP contribution in [0.1, 0.15) is 24.3 Å². The molecule has 3 heterocycles. The second-order valence-corrected chi connectivity index (χ2v) is 7.47. The van der Waals surface area contributed by atoms with Crippen molar-refractivity contribution in [3.63, 3.8) is 0 Å². The zero-order chi connectivity index (χ0) is 19.0. The fraction of sp³-hybridized carbons (Fsp3) is 0.600. The molecule has 3 atom stereocenters. The minimum Gasteiger partial charge on any atom is -0.394 e. The quantitative estimate of drug-likeness (QED) is 0.842. The van der Waals surface area contributed by atoms with Gasteiger partial charge in [-0.25, -0.2) is 0 Å². The van der Waals surface area contributed by atoms with Gasteiger partial charge in [-0.05, 0) is 24.5 Å². The SMILES string of the molecule is COCC(=O)N1C[C@@H]2[C@H](c3ccccc31)[C@@H](CO)N2C(=O)C1CCOCC1. The van der Waals surface area contributed by atoms with Gasteiger partial charge in [0.2, 0.25) is 5.91 Å². The molecule has 1 aromatic carbocycles. The molecular formula is C20H26N2O5. The molecule has 3 aliphatic rings. The third-order valence-electron chi connectivity index (χ3n) is 6.08. The summed E-state index contributed by atoms with van der Waals surface area (Å²) in [6.07, 6.45) is 1.43. The maximum absolute atomic E-state index is 13.1. The van der Waals surface area contributed by atoms with Gasteiger partial charge in [0.1, 0.15) is 6.61 Å². The van der Waals surface area contributed by atoms with Crippen LogP contribution in [-0.4, -0.2) is 74.0 Å². The lowest BCUT2D eigenvalue weighted by Crippen LogP contribution is -2.71. The molecular weight excluding hydrogens is 348 g/mol. The number of nitrogens with zero attached hydrogens (tertiary/aromatic N) is 2. The summed E-state index contributed by atoms with van der Waals surface area (Å²) in [5.41, 5.74) is 1.88. The number of aliphatic hydroxyl groups excluding tert-OH is 1. The second-order valence-electron chi connectivity index (χ2n) is 7.47. The molecule has 0 saturated carbocycles. The highest BCUT2D eigenvalue weighted by molar-refractivity contribution is 5.96. The molecule has 4 rings (SSSR count). The number of amides is 2. The topological polar surface area (TPSA) is 79.3 Å². The van der Waals surface area contributed by atoms with Crippen LogP contribution in [-0.2, 0) is 19.1 Å². The summed E-state index contributed by atoms with van der Waals surface area (Å²) in [6.45, 7) is 1.57. The molecule has 1 N–H and O–H groups in total. The highest BCUT2D eigenvalue weighted by Crippen LogP contribution is 2.48. The van der Waals surface area contributed by atoms with E-state index >= 15 is 0 Å². The average molecular weight is 374 g/mol. The van der Waals surface area contributed by atoms with Crippen molar-refractivity contribution >= 4 is 17.5 Å². The van der Waals surface area contributed by atoms with E-state index in [0.717, 1.165) is 11.3 Å². The Bertz CT molecular complexity index is 718. The van der Waals surface area contributed by atoms with E-state index in [9.17, 15) is 14.7 Å². The number of carbonyl (C=O) groups is 2. The van der Waals surface area contributed by atoms with E-state index < -0.39 is 0 Å². The van der Waals surface area contributed by atoms with Gasteiger partial charge in [-0.2, -0.15) is 0 Å². The molecule has 0 aliphatic carbocycles. The van der Waals surface area contributed by atoms with Crippen molar-refractivity contribution in [2.24, 2.45) is 5.92 Å². The Balaban J connectivity index is 1.64. The van der Waals surface area contributed by atoms with Crippen LogP contribution in [0.2, 0.25) is 0 Å². The number of fused-ring (bicyclic) bond motifs is 3. The van der Waals surface area contributed by atoms with Gasteiger partial charge in [-0.1, -0.05) is 18.2 Å². The predicted molar refractivity (Wildman–Crippen MR) is 98.5 cm³/mol. The Morgan fingerprint density at radius 3 is 2.70 bits per heavy atom. The Hall–Kier alpha value is -1.96. The van der Waals surface area contributed by atoms with Crippen LogP contribution in [0.25, 0.3) is 0 Å². The third-order valence-corrected chi connectivity index (χ3v) is 6.08. The smallest absolute Gasteiger partial charge is 0.253 e. The van der Waals surface area contributed by atoms with Crippen LogP contribution < -0.4 is 4.90 Å². The van der Waals surface area contributed by atoms with Crippen LogP contribution in [0.3, 0.4) is 0 Å². The third kappa shape index (κ3) is 3.03. The lowest BCUT2D eigenvalue weighted by atomic mass is 9.71. The number of para-hydroxylation sites is 1. The van der Waals surface area contributed by atoms with E-state index in [1.54, 1.807) is 4.90 Å². The van der Waals surface area contributed by atoms with Gasteiger partial charge in [0.05, 0.1) is 18.7 Å². The molecule has 0 aromatic heterocycles. The average Bonchev–Trinajstić information content (AvgIpc) is 2.69. The minimum absolute atomic E-state index is 0.00304. The molecule has 0 radical (unpaired) electrons. The minimum atomic E-state index is -0.230. The number of aliphatic hydroxyl groups is 1. The number of ether oxygens (including phenoxy) is 2. The number of methoxy groups -OCH3 is 1. The molecule has 2 saturated heterocycles. The number of benzene rings is 1. The summed E-state index contributed by atoms with van der Waals surface area (Å²) in [5, 5.41) is 10.0. The predicted octanol–water partition coefficient (Wildman–Crippen LogP) is 0.761. The second kappa shape index (κ2) is 7.58. The van der Waals surface area contributed by atoms with Gasteiger partial charge >= 0.3 is 0 Å². The lowest BCUT2D eigenvalue weighted by molar-refractivity contribution is -0.158. The van der Waals surface area contributed by atoms with Gasteiger partial charge in [-0.15, -0.1) is 0 Å². The Morgan fingerprint density at radius 1 is 1.26 bits per heavy atom. The number of hydrogen-bond donors (Lipinski definition) is 1. The van der Waals surface area contributed by atoms with Gasteiger partial charge in [-0.3, -0.25) is 9.59 Å². The normalized spacial score (nSPS) is 27.6. The fourth-order valence-corrected chi connectivity index (χ4v) is 4.78. The number of carbonyl (C=O) groups excluding carboxylic acids is 2. The first-order valence-electron chi connectivity index (χ1n) is 9.56. The first-order chi connectivity index (χ1) is 13.2. The molecule has 0 spiro atoms. The molecule has 27 heavy (non-hydrogen) atoms. The van der Waals surface area contributed by atoms with E-state index in [1.807, 2.05) is 29.2 Å². The molecule has 146 valence electrons. The molecule has 7 nitrogen and oxygen atoms in total. The van der Waals surface area contributed by atoms with Crippen LogP contribution >= 0.6 is 0 Å². The van der Waals surface area contributed by atoms with Crippen molar-refractivity contribution in [3.8, 4) is 0 Å². The first kappa shape index (κ1) is 18.4. The van der Waals surface area contributed by atoms with Crippen LogP contribution in [0.5, 0.6) is 0 Å². The van der Waals surface area contributed by atoms with Crippen molar-refractivity contribution in [1.29, 1.82) is 0 Å². The van der Waals surface area contributed by atoms with E-state index in [0.29, 0.717) is 32.6 Å². The van der Waals surface area contributed by atoms with Crippen LogP contribution in [0.15, 0.2) is 24.3 Å². The number of rotatable bonds is 4. The zero-order valence-electron chi connectivity index (χ0n) is 15.5. The molecule has 3 aliphatic heterocycles. The molecule has 1 aromatic rings. The van der Waals surface area contributed by atoms with Crippen molar-refractivity contribution in [3.05, 3.63) is 29.8 Å². The fourth-order valence-electron chi connectivity index (χ4n) is 4.78. The number of anilines is 1. The van der Waals surface area contributed by atoms with Crippen LogP contribution in [0.4, 0.5) is 5.69 Å². The van der Waals surface area contributed by atoms with Gasteiger partial charge < -0.3 is 24.4 Å². The summed E-state index contributed by atoms with van der Waals surface area (Å²) in [6, 6.07) is 7.44. The molecule has 2 fully saturated rings. The van der Waals surface area contributed by atoms with Crippen molar-refractivity contribution in [2.45, 2.75) is 30.8 Å². The van der Waals surface area contributed by atoms with Crippen molar-refractivity contribution in [2.75, 3.05) is 45.0 Å². The molecule has 0 bridgehead atoms. The van der Waals surface area contributed by atoms with Gasteiger partial charge in [0.15, 0.2) is 0 Å². The van der Waals surface area contributed by atoms with Crippen LogP contribution in [0, 0.1) is 5.92 Å². The molecule has 2 amide bonds. The number of hydrogen-bond acceptors (Lipinski definition) is 5. The zero-order valence-corrected chi connectivity index (χ0v) is 15.5. The Labute approximate surface area is 158 Å². The van der Waals surface area contributed by atoms with E-state index in [1.165, 1.54) is 7.11 Å². The monoisotopic (exact) mass is 374 g/mol. The highest BCUT2D eigenvalue weighted by atomic mass is 16.5. The first-order valence-corrected chi connectivity index (χ1v) is 9.56. The van der Waals surface area contributed by atoms with E-state index in [-0.39, 0.29) is 48.9 Å². The molecule has 0 unspecified atom stereocenters. The summed E-state index contributed by atoms with van der Waals surface area (Å²) >= 11 is 0. The number of likely N-dealkylation sites (tertiary alicyclic amines) is 1. The Kier molecular flexibility index (Phi) is 5.16. The summed E-state index contributed by atoms with van der Waals surface area (Å²) in [5.74, 6) is -0.0398. The van der Waals surface area contributed by atoms with Crippen molar-refractivity contribution < 1.29 is 24.2 Å². The maximum Gasteiger partial charge on any atom is 0.253 e. The van der Waals surface area contributed by atoms with Crippen molar-refractivity contribution in [1.82, 2.24) is 4.90 Å². The Morgan fingerprint density at radius 2 is 2.00 bits per heavy atom. The summed E-state index contributed by atoms with van der Waals surface area (Å²) in [4.78, 5) is 29.3. The van der Waals surface area contributed by atoms with E-state index in [2.05, 4.69) is 0 Å². The lowest BCUT2D eigenvalue weighted by Gasteiger charge is -2.59. The van der Waals surface area contributed by atoms with Gasteiger partial charge in [0, 0.05) is 44.4 Å². The molecule has 7 heteroatoms. The highest BCUT2D eigenvalue weighted by Gasteiger charge is 2.55. The maximum atomic E-state index is 13.1. The standard InChI is InChI=1S/C20H26N2O5/c1-26-12-18(24)21-10-16-19(14-4-2-3-5-15(14)21)17(11-23)22(16)20(25)13-6-8-27-9-7-13/h2-5,13,16-17,19,23H,6-12H2,1H3/t16-,17-,19+/m1/s1. The van der Waals surface area contributed by atoms with Gasteiger partial charge in [0.25, 0.3) is 5.91 Å². The summed E-state index contributed by atoms with van der Waals surface area (Å²) in [7, 11) is 1.50.